The lowest BCUT2D eigenvalue weighted by molar-refractivity contribution is -0.116. The van der Waals surface area contributed by atoms with Crippen molar-refractivity contribution in [2.75, 3.05) is 11.9 Å². The Bertz CT molecular complexity index is 594. The number of carbonyl (C=O) groups is 1. The van der Waals surface area contributed by atoms with Gasteiger partial charge in [0.25, 0.3) is 0 Å². The van der Waals surface area contributed by atoms with Crippen LogP contribution in [0.1, 0.15) is 12.5 Å². The number of aromatic nitrogens is 3. The van der Waals surface area contributed by atoms with Crippen LogP contribution in [0.25, 0.3) is 5.69 Å². The molecule has 5 nitrogen and oxygen atoms in total. The van der Waals surface area contributed by atoms with Crippen LogP contribution >= 0.6 is 15.9 Å². The summed E-state index contributed by atoms with van der Waals surface area (Å²) < 4.78 is 2.34. The van der Waals surface area contributed by atoms with Crippen LogP contribution in [0, 0.1) is 6.92 Å². The van der Waals surface area contributed by atoms with Gasteiger partial charge in [0.1, 0.15) is 0 Å². The van der Waals surface area contributed by atoms with Crippen molar-refractivity contribution in [3.05, 3.63) is 34.8 Å². The summed E-state index contributed by atoms with van der Waals surface area (Å²) in [6.07, 6.45) is 5.28. The van der Waals surface area contributed by atoms with Gasteiger partial charge in [-0.15, -0.1) is 0 Å². The summed E-state index contributed by atoms with van der Waals surface area (Å²) >= 11 is 3.36. The number of pyridine rings is 1. The van der Waals surface area contributed by atoms with Crippen LogP contribution in [0.4, 0.5) is 5.69 Å². The SMILES string of the molecule is CC(=O)N(C)c1cn(-c2cnccc2C)nc1Br. The zero-order valence-electron chi connectivity index (χ0n) is 10.4. The van der Waals surface area contributed by atoms with E-state index in [1.54, 1.807) is 35.2 Å². The zero-order chi connectivity index (χ0) is 13.3. The van der Waals surface area contributed by atoms with Crippen LogP contribution in [0.15, 0.2) is 29.3 Å². The summed E-state index contributed by atoms with van der Waals surface area (Å²) in [6.45, 7) is 3.50. The van der Waals surface area contributed by atoms with Crippen LogP contribution < -0.4 is 4.90 Å². The lowest BCUT2D eigenvalue weighted by atomic mass is 10.2. The number of hydrogen-bond acceptors (Lipinski definition) is 3. The summed E-state index contributed by atoms with van der Waals surface area (Å²) in [6, 6.07) is 1.92. The molecule has 0 aliphatic rings. The van der Waals surface area contributed by atoms with Crippen LogP contribution in [0.3, 0.4) is 0 Å². The second-order valence-electron chi connectivity index (χ2n) is 3.99. The highest BCUT2D eigenvalue weighted by Gasteiger charge is 2.15. The van der Waals surface area contributed by atoms with Crippen molar-refractivity contribution in [2.45, 2.75) is 13.8 Å². The molecule has 0 fully saturated rings. The molecule has 0 unspecified atom stereocenters. The first-order valence-corrected chi connectivity index (χ1v) is 6.20. The van der Waals surface area contributed by atoms with Crippen molar-refractivity contribution in [3.63, 3.8) is 0 Å². The van der Waals surface area contributed by atoms with Gasteiger partial charge in [-0.05, 0) is 34.5 Å². The molecule has 0 aliphatic carbocycles. The standard InChI is InChI=1S/C12H13BrN4O/c1-8-4-5-14-6-10(8)17-7-11(12(13)15-17)16(3)9(2)18/h4-7H,1-3H3. The van der Waals surface area contributed by atoms with Gasteiger partial charge < -0.3 is 4.90 Å². The molecule has 2 aromatic heterocycles. The molecule has 6 heteroatoms. The molecule has 2 heterocycles. The van der Waals surface area contributed by atoms with Crippen molar-refractivity contribution in [2.24, 2.45) is 0 Å². The van der Waals surface area contributed by atoms with Gasteiger partial charge in [-0.1, -0.05) is 0 Å². The number of rotatable bonds is 2. The van der Waals surface area contributed by atoms with E-state index in [0.29, 0.717) is 4.60 Å². The summed E-state index contributed by atoms with van der Waals surface area (Å²) in [5.74, 6) is -0.0434. The molecule has 0 atom stereocenters. The largest absolute Gasteiger partial charge is 0.312 e. The zero-order valence-corrected chi connectivity index (χ0v) is 12.0. The molecule has 0 radical (unpaired) electrons. The van der Waals surface area contributed by atoms with E-state index in [4.69, 9.17) is 0 Å². The van der Waals surface area contributed by atoms with Crippen molar-refractivity contribution < 1.29 is 4.79 Å². The Morgan fingerprint density at radius 2 is 2.22 bits per heavy atom. The van der Waals surface area contributed by atoms with Crippen LogP contribution in [0.2, 0.25) is 0 Å². The molecule has 0 saturated carbocycles. The quantitative estimate of drug-likeness (QED) is 0.855. The molecule has 0 saturated heterocycles. The minimum absolute atomic E-state index is 0.0434. The van der Waals surface area contributed by atoms with Gasteiger partial charge in [0.05, 0.1) is 23.8 Å². The second-order valence-corrected chi connectivity index (χ2v) is 4.74. The molecule has 2 rings (SSSR count). The van der Waals surface area contributed by atoms with E-state index in [1.165, 1.54) is 6.92 Å². The molecule has 0 N–H and O–H groups in total. The molecule has 2 aromatic rings. The molecule has 1 amide bonds. The lowest BCUT2D eigenvalue weighted by Crippen LogP contribution is -2.22. The Hall–Kier alpha value is -1.69. The third-order valence-corrected chi connectivity index (χ3v) is 3.31. The Morgan fingerprint density at radius 1 is 1.50 bits per heavy atom. The summed E-state index contributed by atoms with van der Waals surface area (Å²) in [5.41, 5.74) is 2.68. The minimum Gasteiger partial charge on any atom is -0.312 e. The number of carbonyl (C=O) groups excluding carboxylic acids is 1. The first-order chi connectivity index (χ1) is 8.50. The van der Waals surface area contributed by atoms with E-state index in [0.717, 1.165) is 16.9 Å². The molecule has 94 valence electrons. The van der Waals surface area contributed by atoms with Gasteiger partial charge in [0.2, 0.25) is 5.91 Å². The average molecular weight is 309 g/mol. The van der Waals surface area contributed by atoms with E-state index < -0.39 is 0 Å². The maximum absolute atomic E-state index is 11.4. The van der Waals surface area contributed by atoms with Gasteiger partial charge in [0, 0.05) is 20.2 Å². The number of hydrogen-bond donors (Lipinski definition) is 0. The highest BCUT2D eigenvalue weighted by atomic mass is 79.9. The fraction of sp³-hybridized carbons (Fsp3) is 0.250. The maximum Gasteiger partial charge on any atom is 0.223 e. The highest BCUT2D eigenvalue weighted by Crippen LogP contribution is 2.26. The first-order valence-electron chi connectivity index (χ1n) is 5.41. The monoisotopic (exact) mass is 308 g/mol. The maximum atomic E-state index is 11.4. The fourth-order valence-corrected chi connectivity index (χ4v) is 2.10. The Kier molecular flexibility index (Phi) is 3.47. The number of nitrogens with zero attached hydrogens (tertiary/aromatic N) is 4. The minimum atomic E-state index is -0.0434. The van der Waals surface area contributed by atoms with Gasteiger partial charge in [0.15, 0.2) is 4.60 Å². The first kappa shape index (κ1) is 12.8. The molecular weight excluding hydrogens is 296 g/mol. The van der Waals surface area contributed by atoms with Crippen LogP contribution in [0.5, 0.6) is 0 Å². The molecular formula is C12H13BrN4O. The smallest absolute Gasteiger partial charge is 0.223 e. The fourth-order valence-electron chi connectivity index (χ4n) is 1.56. The Labute approximate surface area is 114 Å². The predicted octanol–water partition coefficient (Wildman–Crippen LogP) is 2.32. The van der Waals surface area contributed by atoms with Gasteiger partial charge in [-0.2, -0.15) is 5.10 Å². The predicted molar refractivity (Wildman–Crippen MR) is 72.9 cm³/mol. The summed E-state index contributed by atoms with van der Waals surface area (Å²) in [5, 5.41) is 4.34. The van der Waals surface area contributed by atoms with Crippen LogP contribution in [-0.2, 0) is 4.79 Å². The van der Waals surface area contributed by atoms with E-state index in [-0.39, 0.29) is 5.91 Å². The molecule has 0 spiro atoms. The summed E-state index contributed by atoms with van der Waals surface area (Å²) in [4.78, 5) is 17.0. The topological polar surface area (TPSA) is 51.0 Å². The lowest BCUT2D eigenvalue weighted by Gasteiger charge is -2.12. The third kappa shape index (κ3) is 2.28. The van der Waals surface area contributed by atoms with Crippen LogP contribution in [-0.4, -0.2) is 27.7 Å². The molecule has 0 bridgehead atoms. The highest BCUT2D eigenvalue weighted by molar-refractivity contribution is 9.10. The van der Waals surface area contributed by atoms with Crippen molar-refractivity contribution in [1.82, 2.24) is 14.8 Å². The van der Waals surface area contributed by atoms with Crippen molar-refractivity contribution >= 4 is 27.5 Å². The van der Waals surface area contributed by atoms with E-state index in [9.17, 15) is 4.79 Å². The molecule has 0 aliphatic heterocycles. The number of amides is 1. The summed E-state index contributed by atoms with van der Waals surface area (Å²) in [7, 11) is 1.71. The number of anilines is 1. The third-order valence-electron chi connectivity index (χ3n) is 2.74. The average Bonchev–Trinajstić information content (AvgIpc) is 2.70. The Morgan fingerprint density at radius 3 is 2.83 bits per heavy atom. The van der Waals surface area contributed by atoms with Gasteiger partial charge >= 0.3 is 0 Å². The molecule has 0 aromatic carbocycles. The van der Waals surface area contributed by atoms with E-state index in [2.05, 4.69) is 26.0 Å². The second kappa shape index (κ2) is 4.89. The van der Waals surface area contributed by atoms with Gasteiger partial charge in [-0.25, -0.2) is 4.68 Å². The van der Waals surface area contributed by atoms with Crippen molar-refractivity contribution in [1.29, 1.82) is 0 Å². The molecule has 18 heavy (non-hydrogen) atoms. The van der Waals surface area contributed by atoms with E-state index >= 15 is 0 Å². The Balaban J connectivity index is 2.47. The van der Waals surface area contributed by atoms with Gasteiger partial charge in [-0.3, -0.25) is 9.78 Å². The normalized spacial score (nSPS) is 10.4. The van der Waals surface area contributed by atoms with E-state index in [1.807, 2.05) is 13.0 Å². The van der Waals surface area contributed by atoms with Crippen molar-refractivity contribution in [3.8, 4) is 5.69 Å². The number of halogens is 1. The number of aryl methyl sites for hydroxylation is 1.